The van der Waals surface area contributed by atoms with E-state index in [1.807, 2.05) is 6.07 Å². The maximum absolute atomic E-state index is 13.3. The molecule has 4 heteroatoms. The summed E-state index contributed by atoms with van der Waals surface area (Å²) in [6.45, 7) is 0.761. The molecular formula is C12H15BrFNO. The Bertz CT molecular complexity index is 374. The zero-order chi connectivity index (χ0) is 11.6. The number of hydrogen-bond acceptors (Lipinski definition) is 2. The molecule has 88 valence electrons. The summed E-state index contributed by atoms with van der Waals surface area (Å²) >= 11 is 3.12. The summed E-state index contributed by atoms with van der Waals surface area (Å²) in [6, 6.07) is 5.10. The van der Waals surface area contributed by atoms with E-state index in [1.54, 1.807) is 6.07 Å². The Morgan fingerprint density at radius 2 is 2.19 bits per heavy atom. The maximum atomic E-state index is 13.3. The van der Waals surface area contributed by atoms with Gasteiger partial charge in [0.15, 0.2) is 0 Å². The molecule has 0 atom stereocenters. The first-order valence-electron chi connectivity index (χ1n) is 5.45. The van der Waals surface area contributed by atoms with Gasteiger partial charge in [-0.3, -0.25) is 0 Å². The van der Waals surface area contributed by atoms with Gasteiger partial charge in [-0.1, -0.05) is 6.07 Å². The van der Waals surface area contributed by atoms with Gasteiger partial charge in [0.1, 0.15) is 5.82 Å². The zero-order valence-corrected chi connectivity index (χ0v) is 10.6. The molecule has 0 spiro atoms. The van der Waals surface area contributed by atoms with Crippen LogP contribution in [0.4, 0.5) is 4.39 Å². The van der Waals surface area contributed by atoms with Gasteiger partial charge in [-0.2, -0.15) is 0 Å². The highest BCUT2D eigenvalue weighted by Crippen LogP contribution is 2.31. The van der Waals surface area contributed by atoms with Gasteiger partial charge in [-0.15, -0.1) is 0 Å². The van der Waals surface area contributed by atoms with Crippen molar-refractivity contribution in [2.24, 2.45) is 0 Å². The Morgan fingerprint density at radius 1 is 1.44 bits per heavy atom. The molecule has 2 nitrogen and oxygen atoms in total. The Labute approximate surface area is 103 Å². The van der Waals surface area contributed by atoms with Crippen molar-refractivity contribution in [3.63, 3.8) is 0 Å². The lowest BCUT2D eigenvalue weighted by atomic mass is 9.77. The van der Waals surface area contributed by atoms with Crippen molar-refractivity contribution in [1.29, 1.82) is 0 Å². The summed E-state index contributed by atoms with van der Waals surface area (Å²) in [7, 11) is 0. The Hall–Kier alpha value is -0.450. The van der Waals surface area contributed by atoms with E-state index < -0.39 is 0 Å². The quantitative estimate of drug-likeness (QED) is 0.892. The summed E-state index contributed by atoms with van der Waals surface area (Å²) in [5.41, 5.74) is 0.782. The van der Waals surface area contributed by atoms with Gasteiger partial charge >= 0.3 is 0 Å². The number of hydrogen-bond donors (Lipinski definition) is 2. The molecule has 0 heterocycles. The molecule has 1 aromatic rings. The predicted molar refractivity (Wildman–Crippen MR) is 64.6 cm³/mol. The smallest absolute Gasteiger partial charge is 0.137 e. The monoisotopic (exact) mass is 287 g/mol. The van der Waals surface area contributed by atoms with Crippen molar-refractivity contribution in [3.8, 4) is 0 Å². The Balaban J connectivity index is 1.96. The van der Waals surface area contributed by atoms with E-state index in [2.05, 4.69) is 21.2 Å². The molecule has 1 aliphatic carbocycles. The minimum atomic E-state index is -0.244. The van der Waals surface area contributed by atoms with Gasteiger partial charge in [0, 0.05) is 12.1 Å². The fourth-order valence-electron chi connectivity index (χ4n) is 1.93. The van der Waals surface area contributed by atoms with E-state index in [9.17, 15) is 9.50 Å². The van der Waals surface area contributed by atoms with Crippen molar-refractivity contribution >= 4 is 15.9 Å². The van der Waals surface area contributed by atoms with Crippen molar-refractivity contribution in [3.05, 3.63) is 34.1 Å². The molecule has 1 aliphatic rings. The molecule has 1 fully saturated rings. The minimum Gasteiger partial charge on any atom is -0.394 e. The second-order valence-electron chi connectivity index (χ2n) is 4.39. The van der Waals surface area contributed by atoms with Crippen molar-refractivity contribution in [2.75, 3.05) is 6.61 Å². The van der Waals surface area contributed by atoms with E-state index >= 15 is 0 Å². The highest BCUT2D eigenvalue weighted by molar-refractivity contribution is 9.10. The molecule has 2 rings (SSSR count). The van der Waals surface area contributed by atoms with Crippen LogP contribution in [0.5, 0.6) is 0 Å². The average molecular weight is 288 g/mol. The molecule has 0 radical (unpaired) electrons. The second kappa shape index (κ2) is 4.82. The molecule has 1 aromatic carbocycles. The topological polar surface area (TPSA) is 32.3 Å². The zero-order valence-electron chi connectivity index (χ0n) is 8.97. The van der Waals surface area contributed by atoms with Crippen LogP contribution in [0, 0.1) is 5.82 Å². The summed E-state index contributed by atoms with van der Waals surface area (Å²) in [6.07, 6.45) is 3.16. The van der Waals surface area contributed by atoms with E-state index in [-0.39, 0.29) is 18.0 Å². The standard InChI is InChI=1S/C12H15BrFNO/c13-10-3-2-9(6-11(10)14)7-15-12(8-16)4-1-5-12/h2-3,6,15-16H,1,4-5,7-8H2. The predicted octanol–water partition coefficient (Wildman–Crippen LogP) is 2.59. The van der Waals surface area contributed by atoms with Crippen LogP contribution in [0.25, 0.3) is 0 Å². The Morgan fingerprint density at radius 3 is 2.69 bits per heavy atom. The third-order valence-corrected chi connectivity index (χ3v) is 3.91. The number of aliphatic hydroxyl groups excluding tert-OH is 1. The van der Waals surface area contributed by atoms with Crippen LogP contribution in [0.3, 0.4) is 0 Å². The molecule has 0 bridgehead atoms. The highest BCUT2D eigenvalue weighted by Gasteiger charge is 2.35. The SMILES string of the molecule is OCC1(NCc2ccc(Br)c(F)c2)CCC1. The summed E-state index contributed by atoms with van der Waals surface area (Å²) < 4.78 is 13.7. The van der Waals surface area contributed by atoms with E-state index in [0.717, 1.165) is 24.8 Å². The fraction of sp³-hybridized carbons (Fsp3) is 0.500. The first-order valence-corrected chi connectivity index (χ1v) is 6.24. The summed E-state index contributed by atoms with van der Waals surface area (Å²) in [5.74, 6) is -0.244. The fourth-order valence-corrected chi connectivity index (χ4v) is 2.18. The Kier molecular flexibility index (Phi) is 3.62. The third-order valence-electron chi connectivity index (χ3n) is 3.26. The van der Waals surface area contributed by atoms with Crippen molar-refractivity contribution in [2.45, 2.75) is 31.3 Å². The normalized spacial score (nSPS) is 18.2. The van der Waals surface area contributed by atoms with Crippen LogP contribution >= 0.6 is 15.9 Å². The average Bonchev–Trinajstić information content (AvgIpc) is 2.22. The lowest BCUT2D eigenvalue weighted by Gasteiger charge is -2.41. The van der Waals surface area contributed by atoms with E-state index in [0.29, 0.717) is 11.0 Å². The first kappa shape index (κ1) is 12.0. The van der Waals surface area contributed by atoms with Crippen molar-refractivity contribution in [1.82, 2.24) is 5.32 Å². The van der Waals surface area contributed by atoms with Gasteiger partial charge in [-0.25, -0.2) is 4.39 Å². The van der Waals surface area contributed by atoms with Crippen LogP contribution in [-0.4, -0.2) is 17.3 Å². The molecule has 0 unspecified atom stereocenters. The van der Waals surface area contributed by atoms with E-state index in [1.165, 1.54) is 6.07 Å². The van der Waals surface area contributed by atoms with E-state index in [4.69, 9.17) is 0 Å². The van der Waals surface area contributed by atoms with Crippen LogP contribution in [0.1, 0.15) is 24.8 Å². The molecule has 0 amide bonds. The van der Waals surface area contributed by atoms with Crippen molar-refractivity contribution < 1.29 is 9.50 Å². The first-order chi connectivity index (χ1) is 7.65. The largest absolute Gasteiger partial charge is 0.394 e. The van der Waals surface area contributed by atoms with Crippen LogP contribution < -0.4 is 5.32 Å². The lowest BCUT2D eigenvalue weighted by molar-refractivity contribution is 0.0872. The molecule has 0 saturated heterocycles. The maximum Gasteiger partial charge on any atom is 0.137 e. The summed E-state index contributed by atoms with van der Waals surface area (Å²) in [5, 5.41) is 12.6. The number of rotatable bonds is 4. The highest BCUT2D eigenvalue weighted by atomic mass is 79.9. The van der Waals surface area contributed by atoms with Crippen LogP contribution in [-0.2, 0) is 6.54 Å². The summed E-state index contributed by atoms with van der Waals surface area (Å²) in [4.78, 5) is 0. The van der Waals surface area contributed by atoms with Gasteiger partial charge < -0.3 is 10.4 Å². The second-order valence-corrected chi connectivity index (χ2v) is 5.25. The minimum absolute atomic E-state index is 0.121. The molecule has 2 N–H and O–H groups in total. The molecule has 16 heavy (non-hydrogen) atoms. The number of benzene rings is 1. The van der Waals surface area contributed by atoms with Gasteiger partial charge in [-0.05, 0) is 52.9 Å². The van der Waals surface area contributed by atoms with Gasteiger partial charge in [0.25, 0.3) is 0 Å². The molecule has 0 aromatic heterocycles. The van der Waals surface area contributed by atoms with Crippen LogP contribution in [0.15, 0.2) is 22.7 Å². The number of halogens is 2. The van der Waals surface area contributed by atoms with Gasteiger partial charge in [0.05, 0.1) is 11.1 Å². The van der Waals surface area contributed by atoms with Gasteiger partial charge in [0.2, 0.25) is 0 Å². The third kappa shape index (κ3) is 2.44. The molecular weight excluding hydrogens is 273 g/mol. The van der Waals surface area contributed by atoms with Crippen LogP contribution in [0.2, 0.25) is 0 Å². The number of nitrogens with one attached hydrogen (secondary N) is 1. The lowest BCUT2D eigenvalue weighted by Crippen LogP contribution is -2.53. The molecule has 1 saturated carbocycles. The number of aliphatic hydroxyl groups is 1. The molecule has 0 aliphatic heterocycles.